The molecule has 1 aliphatic heterocycles. The Labute approximate surface area is 217 Å². The summed E-state index contributed by atoms with van der Waals surface area (Å²) in [4.78, 5) is 19.2. The van der Waals surface area contributed by atoms with Crippen LogP contribution in [0.3, 0.4) is 0 Å². The SMILES string of the molecule is O=C(CCN1C(=S)N[C@H](c2ccccn2)[C@H]1c1ccc(-c2ccc(Br)cc2)o1)Nc1ccccc1. The normalized spacial score (nSPS) is 17.3. The van der Waals surface area contributed by atoms with Crippen molar-refractivity contribution in [3.63, 3.8) is 0 Å². The van der Waals surface area contributed by atoms with Gasteiger partial charge in [0.1, 0.15) is 17.6 Å². The number of amides is 1. The average molecular weight is 547 g/mol. The van der Waals surface area contributed by atoms with Crippen molar-refractivity contribution in [1.82, 2.24) is 15.2 Å². The molecule has 1 amide bonds. The minimum atomic E-state index is -0.244. The zero-order chi connectivity index (χ0) is 24.2. The molecule has 2 N–H and O–H groups in total. The quantitative estimate of drug-likeness (QED) is 0.273. The van der Waals surface area contributed by atoms with Crippen molar-refractivity contribution in [1.29, 1.82) is 0 Å². The molecular weight excluding hydrogens is 524 g/mol. The first kappa shape index (κ1) is 23.3. The van der Waals surface area contributed by atoms with E-state index in [1.807, 2.05) is 89.8 Å². The lowest BCUT2D eigenvalue weighted by Gasteiger charge is -2.25. The van der Waals surface area contributed by atoms with Crippen LogP contribution >= 0.6 is 28.1 Å². The number of carbonyl (C=O) groups excluding carboxylic acids is 1. The Morgan fingerprint density at radius 1 is 1.03 bits per heavy atom. The van der Waals surface area contributed by atoms with E-state index in [0.29, 0.717) is 11.7 Å². The van der Waals surface area contributed by atoms with Gasteiger partial charge in [-0.05, 0) is 60.7 Å². The van der Waals surface area contributed by atoms with Crippen LogP contribution in [0.4, 0.5) is 5.69 Å². The van der Waals surface area contributed by atoms with Gasteiger partial charge < -0.3 is 20.0 Å². The molecule has 8 heteroatoms. The van der Waals surface area contributed by atoms with Gasteiger partial charge in [0.05, 0.1) is 11.7 Å². The third kappa shape index (κ3) is 5.28. The summed E-state index contributed by atoms with van der Waals surface area (Å²) in [5.74, 6) is 1.45. The van der Waals surface area contributed by atoms with Crippen LogP contribution in [0.15, 0.2) is 100 Å². The number of furan rings is 1. The third-order valence-electron chi connectivity index (χ3n) is 5.88. The second-order valence-electron chi connectivity index (χ2n) is 8.19. The summed E-state index contributed by atoms with van der Waals surface area (Å²) >= 11 is 9.17. The average Bonchev–Trinajstić information content (AvgIpc) is 3.49. The number of para-hydroxylation sites is 1. The van der Waals surface area contributed by atoms with Crippen LogP contribution in [-0.4, -0.2) is 27.4 Å². The molecule has 0 saturated carbocycles. The molecule has 0 aliphatic carbocycles. The second kappa shape index (κ2) is 10.4. The molecule has 2 aromatic heterocycles. The van der Waals surface area contributed by atoms with Crippen molar-refractivity contribution >= 4 is 44.9 Å². The number of pyridine rings is 1. The van der Waals surface area contributed by atoms with Gasteiger partial charge in [-0.2, -0.15) is 0 Å². The lowest BCUT2D eigenvalue weighted by atomic mass is 10.0. The summed E-state index contributed by atoms with van der Waals surface area (Å²) in [6, 6.07) is 26.7. The van der Waals surface area contributed by atoms with E-state index < -0.39 is 0 Å². The highest BCUT2D eigenvalue weighted by molar-refractivity contribution is 9.10. The van der Waals surface area contributed by atoms with Gasteiger partial charge in [0.15, 0.2) is 5.11 Å². The highest BCUT2D eigenvalue weighted by Crippen LogP contribution is 2.40. The van der Waals surface area contributed by atoms with E-state index in [0.717, 1.165) is 32.9 Å². The summed E-state index contributed by atoms with van der Waals surface area (Å²) in [6.07, 6.45) is 2.05. The van der Waals surface area contributed by atoms with E-state index in [1.165, 1.54) is 0 Å². The predicted molar refractivity (Wildman–Crippen MR) is 144 cm³/mol. The summed E-state index contributed by atoms with van der Waals surface area (Å²) in [6.45, 7) is 0.437. The first-order valence-electron chi connectivity index (χ1n) is 11.3. The minimum Gasteiger partial charge on any atom is -0.459 e. The molecule has 0 bridgehead atoms. The Hall–Kier alpha value is -3.49. The number of hydrogen-bond acceptors (Lipinski definition) is 4. The Morgan fingerprint density at radius 2 is 1.80 bits per heavy atom. The molecule has 2 aromatic carbocycles. The van der Waals surface area contributed by atoms with Crippen molar-refractivity contribution in [3.05, 3.63) is 107 Å². The van der Waals surface area contributed by atoms with Gasteiger partial charge in [0, 0.05) is 34.9 Å². The van der Waals surface area contributed by atoms with Gasteiger partial charge in [-0.3, -0.25) is 9.78 Å². The molecule has 176 valence electrons. The highest BCUT2D eigenvalue weighted by atomic mass is 79.9. The van der Waals surface area contributed by atoms with Crippen LogP contribution in [0, 0.1) is 0 Å². The second-order valence-corrected chi connectivity index (χ2v) is 9.50. The van der Waals surface area contributed by atoms with Gasteiger partial charge in [-0.25, -0.2) is 0 Å². The number of anilines is 1. The smallest absolute Gasteiger partial charge is 0.226 e. The van der Waals surface area contributed by atoms with E-state index in [9.17, 15) is 4.79 Å². The molecule has 4 aromatic rings. The molecule has 0 spiro atoms. The summed E-state index contributed by atoms with van der Waals surface area (Å²) < 4.78 is 7.35. The molecule has 3 heterocycles. The van der Waals surface area contributed by atoms with Crippen molar-refractivity contribution in [2.45, 2.75) is 18.5 Å². The minimum absolute atomic E-state index is 0.0750. The molecule has 0 unspecified atom stereocenters. The monoisotopic (exact) mass is 546 g/mol. The first-order valence-corrected chi connectivity index (χ1v) is 12.5. The molecule has 5 rings (SSSR count). The lowest BCUT2D eigenvalue weighted by molar-refractivity contribution is -0.116. The molecule has 1 fully saturated rings. The zero-order valence-corrected chi connectivity index (χ0v) is 21.1. The molecule has 1 aliphatic rings. The molecule has 2 atom stereocenters. The Balaban J connectivity index is 1.40. The van der Waals surface area contributed by atoms with Crippen molar-refractivity contribution < 1.29 is 9.21 Å². The number of benzene rings is 2. The van der Waals surface area contributed by atoms with Crippen LogP contribution in [0.1, 0.15) is 30.0 Å². The maximum Gasteiger partial charge on any atom is 0.226 e. The summed E-state index contributed by atoms with van der Waals surface area (Å²) in [5, 5.41) is 6.90. The number of aromatic nitrogens is 1. The van der Waals surface area contributed by atoms with E-state index in [1.54, 1.807) is 6.20 Å². The Morgan fingerprint density at radius 3 is 2.54 bits per heavy atom. The standard InChI is InChI=1S/C27H23BrN4O2S/c28-19-11-9-18(10-12-19)22-13-14-23(34-22)26-25(21-8-4-5-16-29-21)31-27(35)32(26)17-15-24(33)30-20-6-2-1-3-7-20/h1-14,16,25-26H,15,17H2,(H,30,33)(H,31,35)/t25-,26-/m1/s1. The lowest BCUT2D eigenvalue weighted by Crippen LogP contribution is -2.32. The third-order valence-corrected chi connectivity index (χ3v) is 6.76. The van der Waals surface area contributed by atoms with Crippen LogP contribution in [0.2, 0.25) is 0 Å². The number of thiocarbonyl (C=S) groups is 1. The topological polar surface area (TPSA) is 70.4 Å². The summed E-state index contributed by atoms with van der Waals surface area (Å²) in [7, 11) is 0. The van der Waals surface area contributed by atoms with E-state index in [4.69, 9.17) is 16.6 Å². The fourth-order valence-corrected chi connectivity index (χ4v) is 4.80. The Kier molecular flexibility index (Phi) is 6.92. The van der Waals surface area contributed by atoms with Crippen LogP contribution < -0.4 is 10.6 Å². The predicted octanol–water partition coefficient (Wildman–Crippen LogP) is 6.11. The van der Waals surface area contributed by atoms with Crippen molar-refractivity contribution in [2.24, 2.45) is 0 Å². The molecule has 1 saturated heterocycles. The Bertz CT molecular complexity index is 1310. The summed E-state index contributed by atoms with van der Waals surface area (Å²) in [5.41, 5.74) is 2.61. The number of carbonyl (C=O) groups is 1. The van der Waals surface area contributed by atoms with Gasteiger partial charge in [-0.1, -0.05) is 52.3 Å². The molecular formula is C27H23BrN4O2S. The number of nitrogens with zero attached hydrogens (tertiary/aromatic N) is 2. The van der Waals surface area contributed by atoms with E-state index in [-0.39, 0.29) is 24.4 Å². The van der Waals surface area contributed by atoms with Crippen LogP contribution in [0.25, 0.3) is 11.3 Å². The van der Waals surface area contributed by atoms with Crippen molar-refractivity contribution in [2.75, 3.05) is 11.9 Å². The van der Waals surface area contributed by atoms with Gasteiger partial charge in [-0.15, -0.1) is 0 Å². The van der Waals surface area contributed by atoms with Gasteiger partial charge >= 0.3 is 0 Å². The molecule has 35 heavy (non-hydrogen) atoms. The zero-order valence-electron chi connectivity index (χ0n) is 18.7. The maximum atomic E-state index is 12.6. The van der Waals surface area contributed by atoms with Crippen molar-refractivity contribution in [3.8, 4) is 11.3 Å². The fourth-order valence-electron chi connectivity index (χ4n) is 4.20. The number of hydrogen-bond donors (Lipinski definition) is 2. The van der Waals surface area contributed by atoms with Gasteiger partial charge in [0.25, 0.3) is 0 Å². The van der Waals surface area contributed by atoms with E-state index in [2.05, 4.69) is 31.5 Å². The van der Waals surface area contributed by atoms with E-state index >= 15 is 0 Å². The molecule has 6 nitrogen and oxygen atoms in total. The maximum absolute atomic E-state index is 12.6. The number of nitrogens with one attached hydrogen (secondary N) is 2. The number of halogens is 1. The van der Waals surface area contributed by atoms with Gasteiger partial charge in [0.2, 0.25) is 5.91 Å². The van der Waals surface area contributed by atoms with Crippen LogP contribution in [0.5, 0.6) is 0 Å². The first-order chi connectivity index (χ1) is 17.1. The largest absolute Gasteiger partial charge is 0.459 e. The van der Waals surface area contributed by atoms with Crippen LogP contribution in [-0.2, 0) is 4.79 Å². The highest BCUT2D eigenvalue weighted by Gasteiger charge is 2.41. The fraction of sp³-hybridized carbons (Fsp3) is 0.148. The molecule has 0 radical (unpaired) electrons. The number of rotatable bonds is 7.